The number of esters is 7. The van der Waals surface area contributed by atoms with E-state index in [-0.39, 0.29) is 96.7 Å². The fourth-order valence-corrected chi connectivity index (χ4v) is 20.8. The number of alkyl halides is 7. The molecule has 8 saturated carbocycles. The minimum atomic E-state index is -6.74. The number of halogens is 7. The highest BCUT2D eigenvalue weighted by molar-refractivity contribution is 7.87. The van der Waals surface area contributed by atoms with Crippen LogP contribution in [0.5, 0.6) is 0 Å². The summed E-state index contributed by atoms with van der Waals surface area (Å²) < 4.78 is 195. The maximum absolute atomic E-state index is 15.0. The van der Waals surface area contributed by atoms with Gasteiger partial charge in [0.2, 0.25) is 0 Å². The molecule has 542 valence electrons. The number of fused-ring (bicyclic) bond motifs is 10. The molecule has 8 aliphatic rings. The van der Waals surface area contributed by atoms with E-state index in [1.165, 1.54) is 13.8 Å². The van der Waals surface area contributed by atoms with Crippen molar-refractivity contribution in [1.29, 1.82) is 0 Å². The lowest BCUT2D eigenvalue weighted by molar-refractivity contribution is -0.260. The van der Waals surface area contributed by atoms with Crippen LogP contribution in [-0.2, 0) is 87.0 Å². The molecule has 0 saturated heterocycles. The van der Waals surface area contributed by atoms with Gasteiger partial charge in [-0.3, -0.25) is 33.1 Å². The van der Waals surface area contributed by atoms with Crippen LogP contribution in [0.4, 0.5) is 30.7 Å². The lowest BCUT2D eigenvalue weighted by Gasteiger charge is -2.64. The van der Waals surface area contributed by atoms with E-state index in [1.54, 1.807) is 0 Å². The number of rotatable bonds is 24. The minimum Gasteiger partial charge on any atom is -0.463 e. The van der Waals surface area contributed by atoms with Crippen molar-refractivity contribution in [3.05, 3.63) is 0 Å². The highest BCUT2D eigenvalue weighted by Crippen LogP contribution is 2.71. The van der Waals surface area contributed by atoms with Gasteiger partial charge in [0.25, 0.3) is 6.10 Å². The first kappa shape index (κ1) is 76.3. The Kier molecular flexibility index (Phi) is 22.7. The van der Waals surface area contributed by atoms with Crippen molar-refractivity contribution in [2.75, 3.05) is 19.8 Å². The monoisotopic (exact) mass is 1410 g/mol. The second-order valence-corrected chi connectivity index (χ2v) is 32.6. The molecule has 5 N–H and O–H groups in total. The SMILES string of the molecule is CC(=O)OC1CC[C@@]2(C)[C@@H](C1)CC(OC(=O)CC[C@H](CCC(=O)OCC(=O)OCC(F)(F)S(=O)(=O)O)[C@H]1CC[C@H]3[C@@H]4C(O)C[C@@H]5CC(O)CC[C@]5(C)[C@H]4CC(O)[C@]13C)[C@@H]1[C@@H]2CC(OC(C)=O)[C@]2(C)[C@@H]([C@H](C)CCC(=O)OCC(=O)OC(C(F)(F)F)C(F)(F)S(=O)(=O)O)CC[C@@H]12. The van der Waals surface area contributed by atoms with Crippen LogP contribution in [0.1, 0.15) is 177 Å². The van der Waals surface area contributed by atoms with E-state index in [2.05, 4.69) is 23.3 Å². The lowest BCUT2D eigenvalue weighted by atomic mass is 9.43. The van der Waals surface area contributed by atoms with Gasteiger partial charge in [-0.15, -0.1) is 0 Å². The first-order chi connectivity index (χ1) is 43.8. The number of ether oxygens (including phenoxy) is 7. The quantitative estimate of drug-likeness (QED) is 0.0263. The third-order valence-corrected chi connectivity index (χ3v) is 26.5. The Morgan fingerprint density at radius 1 is 0.547 bits per heavy atom. The Bertz CT molecular complexity index is 3100. The van der Waals surface area contributed by atoms with Crippen LogP contribution in [0.3, 0.4) is 0 Å². The third-order valence-electron chi connectivity index (χ3n) is 24.7. The molecule has 23 nitrogen and oxygen atoms in total. The van der Waals surface area contributed by atoms with E-state index in [4.69, 9.17) is 32.8 Å². The standard InChI is InChI=1S/C63H91F7O23S2/c1-31(8-15-49(76)88-29-53(80)93-56(62(66,67)68)63(69,70)95(84,85)86)39-11-13-42-55-44(27-48(60(39,42)7)91-33(3)72)58(5)21-19-38(90-32(2)71)23-36(58)25-46(55)92-51(78)17-10-34(9-16-50(77)87-28-52(79)89-30-61(64,65)94(81,82)83)40-12-14-41-54-43(26-47(75)59(40,41)6)57(4)20-18-37(73)22-35(57)24-45(54)74/h31,34-48,54-56,73-75H,8-30H2,1-7H3,(H,81,82,83)(H,84,85,86)/t31-,34+,35+,36+,37?,38?,39-,40-,41+,42+,43+,44+,45?,46?,47?,48?,54+,55+,56?,57+,58+,59-,60-/m1/s1. The largest absolute Gasteiger partial charge is 0.463 e. The first-order valence-corrected chi connectivity index (χ1v) is 35.7. The smallest absolute Gasteiger partial charge is 0.432 e. The van der Waals surface area contributed by atoms with Crippen LogP contribution < -0.4 is 0 Å². The molecule has 8 rings (SSSR count). The van der Waals surface area contributed by atoms with E-state index in [9.17, 15) is 96.4 Å². The second kappa shape index (κ2) is 28.3. The first-order valence-electron chi connectivity index (χ1n) is 32.8. The molecule has 0 heterocycles. The van der Waals surface area contributed by atoms with Gasteiger partial charge in [-0.25, -0.2) is 9.59 Å². The second-order valence-electron chi connectivity index (χ2n) is 29.6. The Hall–Kier alpha value is -4.50. The van der Waals surface area contributed by atoms with Gasteiger partial charge in [0, 0.05) is 44.4 Å². The molecule has 0 aliphatic heterocycles. The van der Waals surface area contributed by atoms with Crippen molar-refractivity contribution in [1.82, 2.24) is 0 Å². The van der Waals surface area contributed by atoms with Gasteiger partial charge in [0.05, 0.1) is 18.3 Å². The van der Waals surface area contributed by atoms with Gasteiger partial charge in [0.15, 0.2) is 19.8 Å². The topological polar surface area (TPSA) is 354 Å². The molecule has 7 unspecified atom stereocenters. The molecular formula is C63H91F7O23S2. The number of carbonyl (C=O) groups is 7. The van der Waals surface area contributed by atoms with Crippen molar-refractivity contribution in [3.8, 4) is 0 Å². The van der Waals surface area contributed by atoms with Crippen LogP contribution in [0.2, 0.25) is 0 Å². The van der Waals surface area contributed by atoms with E-state index in [1.807, 2.05) is 20.8 Å². The van der Waals surface area contributed by atoms with Gasteiger partial charge < -0.3 is 48.5 Å². The maximum Gasteiger partial charge on any atom is 0.432 e. The van der Waals surface area contributed by atoms with E-state index in [0.29, 0.717) is 89.9 Å². The van der Waals surface area contributed by atoms with Gasteiger partial charge in [-0.05, 0) is 190 Å². The molecular weight excluding hydrogens is 1320 g/mol. The Labute approximate surface area is 547 Å². The average Bonchev–Trinajstić information content (AvgIpc) is 1.68. The van der Waals surface area contributed by atoms with Crippen LogP contribution in [0.25, 0.3) is 0 Å². The summed E-state index contributed by atoms with van der Waals surface area (Å²) in [7, 11) is -12.7. The minimum absolute atomic E-state index is 0.0145. The molecule has 0 aromatic heterocycles. The summed E-state index contributed by atoms with van der Waals surface area (Å²) in [4.78, 5) is 91.7. The summed E-state index contributed by atoms with van der Waals surface area (Å²) in [5.74, 6) is -10.8. The molecule has 0 radical (unpaired) electrons. The van der Waals surface area contributed by atoms with Crippen LogP contribution >= 0.6 is 0 Å². The van der Waals surface area contributed by atoms with Crippen LogP contribution in [0.15, 0.2) is 0 Å². The molecule has 8 fully saturated rings. The predicted octanol–water partition coefficient (Wildman–Crippen LogP) is 8.26. The summed E-state index contributed by atoms with van der Waals surface area (Å²) in [6, 6.07) is 0. The van der Waals surface area contributed by atoms with Gasteiger partial charge in [0.1, 0.15) is 18.3 Å². The zero-order valence-electron chi connectivity index (χ0n) is 54.3. The van der Waals surface area contributed by atoms with Crippen molar-refractivity contribution >= 4 is 62.0 Å². The van der Waals surface area contributed by atoms with Gasteiger partial charge in [-0.2, -0.15) is 47.6 Å². The molecule has 0 amide bonds. The highest BCUT2D eigenvalue weighted by Gasteiger charge is 2.70. The number of hydrogen-bond acceptors (Lipinski definition) is 21. The summed E-state index contributed by atoms with van der Waals surface area (Å²) in [5.41, 5.74) is -2.49. The highest BCUT2D eigenvalue weighted by atomic mass is 32.2. The summed E-state index contributed by atoms with van der Waals surface area (Å²) in [6.07, 6.45) is -8.95. The molecule has 0 bridgehead atoms. The summed E-state index contributed by atoms with van der Waals surface area (Å²) >= 11 is 0. The summed E-state index contributed by atoms with van der Waals surface area (Å²) in [6.45, 7) is 7.79. The number of carbonyl (C=O) groups excluding carboxylic acids is 7. The molecule has 8 aliphatic carbocycles. The number of aliphatic hydroxyl groups is 3. The van der Waals surface area contributed by atoms with E-state index >= 15 is 0 Å². The maximum atomic E-state index is 15.0. The van der Waals surface area contributed by atoms with Crippen LogP contribution in [0, 0.1) is 92.7 Å². The fraction of sp³-hybridized carbons (Fsp3) is 0.889. The van der Waals surface area contributed by atoms with Gasteiger partial charge in [-0.1, -0.05) is 34.6 Å². The van der Waals surface area contributed by atoms with Crippen molar-refractivity contribution < 1.29 is 139 Å². The Morgan fingerprint density at radius 3 is 1.66 bits per heavy atom. The molecule has 32 heteroatoms. The van der Waals surface area contributed by atoms with E-state index in [0.717, 1.165) is 0 Å². The Morgan fingerprint density at radius 2 is 1.08 bits per heavy atom. The molecule has 23 atom stereocenters. The zero-order valence-corrected chi connectivity index (χ0v) is 55.9. The molecule has 95 heavy (non-hydrogen) atoms. The molecule has 0 spiro atoms. The van der Waals surface area contributed by atoms with Crippen LogP contribution in [-0.4, -0.2) is 162 Å². The molecule has 0 aromatic rings. The Balaban J connectivity index is 1.02. The van der Waals surface area contributed by atoms with Crippen molar-refractivity contribution in [3.63, 3.8) is 0 Å². The number of hydrogen-bond donors (Lipinski definition) is 5. The zero-order chi connectivity index (χ0) is 70.7. The van der Waals surface area contributed by atoms with Gasteiger partial charge >= 0.3 is 78.7 Å². The third kappa shape index (κ3) is 15.5. The predicted molar refractivity (Wildman–Crippen MR) is 313 cm³/mol. The molecule has 0 aromatic carbocycles. The number of aliphatic hydroxyl groups excluding tert-OH is 3. The van der Waals surface area contributed by atoms with Crippen molar-refractivity contribution in [2.45, 2.75) is 236 Å². The fourth-order valence-electron chi connectivity index (χ4n) is 20.1. The summed E-state index contributed by atoms with van der Waals surface area (Å²) in [5, 5.41) is 24.4. The van der Waals surface area contributed by atoms with E-state index < -0.39 is 176 Å². The normalized spacial score (nSPS) is 37.9. The average molecular weight is 1410 g/mol. The van der Waals surface area contributed by atoms with Crippen molar-refractivity contribution in [2.24, 2.45) is 92.7 Å². The lowest BCUT2D eigenvalue weighted by Crippen LogP contribution is -2.63.